The van der Waals surface area contributed by atoms with Crippen LogP contribution in [0.3, 0.4) is 0 Å². The van der Waals surface area contributed by atoms with Crippen LogP contribution in [0.4, 0.5) is 0 Å². The van der Waals surface area contributed by atoms with Gasteiger partial charge in [-0.2, -0.15) is 0 Å². The normalized spacial score (nSPS) is 24.0. The maximum atomic E-state index is 5.36. The zero-order valence-electron chi connectivity index (χ0n) is 9.11. The maximum Gasteiger partial charge on any atom is 0.0469 e. The summed E-state index contributed by atoms with van der Waals surface area (Å²) in [5.41, 5.74) is 0. The molecule has 5 heteroatoms. The number of ether oxygens (including phenoxy) is 1. The van der Waals surface area contributed by atoms with E-state index in [9.17, 15) is 0 Å². The molecular formula is C10H22Cl2N2O. The van der Waals surface area contributed by atoms with Crippen molar-refractivity contribution < 1.29 is 4.74 Å². The minimum atomic E-state index is 0. The molecule has 0 aromatic heterocycles. The number of rotatable bonds is 2. The predicted molar refractivity (Wildman–Crippen MR) is 67.3 cm³/mol. The second-order valence-electron chi connectivity index (χ2n) is 4.11. The molecule has 0 atom stereocenters. The van der Waals surface area contributed by atoms with Crippen LogP contribution in [-0.4, -0.2) is 50.8 Å². The van der Waals surface area contributed by atoms with Crippen LogP contribution in [-0.2, 0) is 4.74 Å². The monoisotopic (exact) mass is 256 g/mol. The van der Waals surface area contributed by atoms with Crippen LogP contribution in [0, 0.1) is 5.92 Å². The molecule has 1 N–H and O–H groups in total. The molecule has 3 nitrogen and oxygen atoms in total. The lowest BCUT2D eigenvalue weighted by Gasteiger charge is -2.32. The van der Waals surface area contributed by atoms with Gasteiger partial charge in [-0.05, 0) is 18.8 Å². The zero-order valence-corrected chi connectivity index (χ0v) is 10.7. The van der Waals surface area contributed by atoms with Crippen LogP contribution in [0.5, 0.6) is 0 Å². The van der Waals surface area contributed by atoms with Crippen LogP contribution < -0.4 is 5.32 Å². The van der Waals surface area contributed by atoms with E-state index in [2.05, 4.69) is 10.2 Å². The van der Waals surface area contributed by atoms with Crippen LogP contribution in [0.15, 0.2) is 0 Å². The highest BCUT2D eigenvalue weighted by Gasteiger charge is 2.18. The van der Waals surface area contributed by atoms with Gasteiger partial charge < -0.3 is 15.0 Å². The Morgan fingerprint density at radius 1 is 1.07 bits per heavy atom. The summed E-state index contributed by atoms with van der Waals surface area (Å²) < 4.78 is 5.36. The summed E-state index contributed by atoms with van der Waals surface area (Å²) in [5, 5.41) is 3.39. The van der Waals surface area contributed by atoms with Crippen LogP contribution >= 0.6 is 24.8 Å². The lowest BCUT2D eigenvalue weighted by molar-refractivity contribution is 0.0508. The average Bonchev–Trinajstić information content (AvgIpc) is 2.21. The first kappa shape index (κ1) is 15.5. The SMILES string of the molecule is C1CN(CC2CCOCC2)CCN1.Cl.Cl. The lowest BCUT2D eigenvalue weighted by atomic mass is 9.99. The summed E-state index contributed by atoms with van der Waals surface area (Å²) in [6.45, 7) is 8.07. The first-order chi connectivity index (χ1) is 6.45. The van der Waals surface area contributed by atoms with E-state index < -0.39 is 0 Å². The average molecular weight is 257 g/mol. The molecule has 2 saturated heterocycles. The van der Waals surface area contributed by atoms with Gasteiger partial charge in [0.15, 0.2) is 0 Å². The van der Waals surface area contributed by atoms with Gasteiger partial charge in [0.2, 0.25) is 0 Å². The third kappa shape index (κ3) is 5.36. The quantitative estimate of drug-likeness (QED) is 0.803. The Morgan fingerprint density at radius 3 is 2.27 bits per heavy atom. The first-order valence-corrected chi connectivity index (χ1v) is 5.46. The molecule has 15 heavy (non-hydrogen) atoms. The van der Waals surface area contributed by atoms with Gasteiger partial charge in [0.1, 0.15) is 0 Å². The predicted octanol–water partition coefficient (Wildman–Crippen LogP) is 1.16. The van der Waals surface area contributed by atoms with E-state index in [1.807, 2.05) is 0 Å². The molecule has 2 aliphatic heterocycles. The van der Waals surface area contributed by atoms with E-state index >= 15 is 0 Å². The molecule has 2 fully saturated rings. The van der Waals surface area contributed by atoms with E-state index in [4.69, 9.17) is 4.74 Å². The minimum Gasteiger partial charge on any atom is -0.381 e. The number of nitrogens with one attached hydrogen (secondary N) is 1. The molecule has 0 unspecified atom stereocenters. The highest BCUT2D eigenvalue weighted by Crippen LogP contribution is 2.16. The third-order valence-electron chi connectivity index (χ3n) is 3.07. The number of hydrogen-bond acceptors (Lipinski definition) is 3. The second-order valence-corrected chi connectivity index (χ2v) is 4.11. The van der Waals surface area contributed by atoms with Gasteiger partial charge in [0.05, 0.1) is 0 Å². The summed E-state index contributed by atoms with van der Waals surface area (Å²) in [7, 11) is 0. The molecule has 2 rings (SSSR count). The molecule has 0 saturated carbocycles. The fourth-order valence-corrected chi connectivity index (χ4v) is 2.19. The van der Waals surface area contributed by atoms with E-state index in [-0.39, 0.29) is 24.8 Å². The summed E-state index contributed by atoms with van der Waals surface area (Å²) in [5.74, 6) is 0.895. The summed E-state index contributed by atoms with van der Waals surface area (Å²) in [6.07, 6.45) is 2.54. The molecular weight excluding hydrogens is 235 g/mol. The number of piperazine rings is 1. The van der Waals surface area contributed by atoms with Crippen molar-refractivity contribution >= 4 is 24.8 Å². The Kier molecular flexibility index (Phi) is 8.86. The second kappa shape index (κ2) is 8.59. The molecule has 92 valence electrons. The number of halogens is 2. The Hall–Kier alpha value is 0.460. The van der Waals surface area contributed by atoms with Crippen molar-refractivity contribution in [2.75, 3.05) is 45.9 Å². The van der Waals surface area contributed by atoms with Crippen molar-refractivity contribution in [1.82, 2.24) is 10.2 Å². The Bertz CT molecular complexity index is 132. The standard InChI is InChI=1S/C10H20N2O.2ClH/c1-7-13-8-2-10(1)9-12-5-3-11-4-6-12;;/h10-11H,1-9H2;2*1H. The molecule has 0 bridgehead atoms. The van der Waals surface area contributed by atoms with Crippen LogP contribution in [0.1, 0.15) is 12.8 Å². The maximum absolute atomic E-state index is 5.36. The summed E-state index contributed by atoms with van der Waals surface area (Å²) >= 11 is 0. The van der Waals surface area contributed by atoms with Crippen LogP contribution in [0.2, 0.25) is 0 Å². The minimum absolute atomic E-state index is 0. The molecule has 0 aromatic rings. The van der Waals surface area contributed by atoms with Gasteiger partial charge in [0.25, 0.3) is 0 Å². The van der Waals surface area contributed by atoms with Crippen molar-refractivity contribution in [1.29, 1.82) is 0 Å². The summed E-state index contributed by atoms with van der Waals surface area (Å²) in [6, 6.07) is 0. The van der Waals surface area contributed by atoms with Crippen molar-refractivity contribution in [3.05, 3.63) is 0 Å². The van der Waals surface area contributed by atoms with Crippen molar-refractivity contribution in [3.63, 3.8) is 0 Å². The van der Waals surface area contributed by atoms with Gasteiger partial charge in [0, 0.05) is 45.9 Å². The largest absolute Gasteiger partial charge is 0.381 e. The molecule has 0 spiro atoms. The fraction of sp³-hybridized carbons (Fsp3) is 1.00. The zero-order chi connectivity index (χ0) is 8.93. The highest BCUT2D eigenvalue weighted by atomic mass is 35.5. The van der Waals surface area contributed by atoms with E-state index in [1.54, 1.807) is 0 Å². The van der Waals surface area contributed by atoms with E-state index in [0.29, 0.717) is 0 Å². The van der Waals surface area contributed by atoms with E-state index in [0.717, 1.165) is 19.1 Å². The lowest BCUT2D eigenvalue weighted by Crippen LogP contribution is -2.45. The van der Waals surface area contributed by atoms with Gasteiger partial charge in [-0.15, -0.1) is 24.8 Å². The van der Waals surface area contributed by atoms with Gasteiger partial charge >= 0.3 is 0 Å². The topological polar surface area (TPSA) is 24.5 Å². The summed E-state index contributed by atoms with van der Waals surface area (Å²) in [4.78, 5) is 2.59. The third-order valence-corrected chi connectivity index (χ3v) is 3.07. The molecule has 0 aliphatic carbocycles. The fourth-order valence-electron chi connectivity index (χ4n) is 2.19. The highest BCUT2D eigenvalue weighted by molar-refractivity contribution is 5.85. The molecule has 0 aromatic carbocycles. The van der Waals surface area contributed by atoms with Gasteiger partial charge in [-0.3, -0.25) is 0 Å². The smallest absolute Gasteiger partial charge is 0.0469 e. The molecule has 2 aliphatic rings. The molecule has 0 radical (unpaired) electrons. The number of hydrogen-bond donors (Lipinski definition) is 1. The Balaban J connectivity index is 0.000000980. The van der Waals surface area contributed by atoms with E-state index in [1.165, 1.54) is 45.6 Å². The van der Waals surface area contributed by atoms with Gasteiger partial charge in [-0.25, -0.2) is 0 Å². The number of nitrogens with zero attached hydrogens (tertiary/aromatic N) is 1. The first-order valence-electron chi connectivity index (χ1n) is 5.46. The Labute approximate surface area is 105 Å². The molecule has 2 heterocycles. The van der Waals surface area contributed by atoms with Crippen molar-refractivity contribution in [3.8, 4) is 0 Å². The van der Waals surface area contributed by atoms with Crippen LogP contribution in [0.25, 0.3) is 0 Å². The van der Waals surface area contributed by atoms with Crippen molar-refractivity contribution in [2.24, 2.45) is 5.92 Å². The van der Waals surface area contributed by atoms with Gasteiger partial charge in [-0.1, -0.05) is 0 Å². The molecule has 0 amide bonds. The van der Waals surface area contributed by atoms with Crippen molar-refractivity contribution in [2.45, 2.75) is 12.8 Å². The Morgan fingerprint density at radius 2 is 1.67 bits per heavy atom.